The Hall–Kier alpha value is -1.00. The molecule has 108 valence electrons. The van der Waals surface area contributed by atoms with Gasteiger partial charge in [0.05, 0.1) is 0 Å². The first kappa shape index (κ1) is 16.1. The van der Waals surface area contributed by atoms with E-state index in [1.807, 2.05) is 6.92 Å². The highest BCUT2D eigenvalue weighted by Gasteiger charge is 2.45. The fourth-order valence-corrected chi connectivity index (χ4v) is 2.00. The van der Waals surface area contributed by atoms with Crippen molar-refractivity contribution in [3.63, 3.8) is 0 Å². The lowest BCUT2D eigenvalue weighted by Crippen LogP contribution is -2.39. The molecule has 0 heterocycles. The Kier molecular flexibility index (Phi) is 6.38. The Morgan fingerprint density at radius 3 is 2.26 bits per heavy atom. The molecule has 0 saturated carbocycles. The predicted octanol–water partition coefficient (Wildman–Crippen LogP) is 3.69. The molecule has 0 unspecified atom stereocenters. The molecule has 0 amide bonds. The zero-order valence-corrected chi connectivity index (χ0v) is 11.2. The van der Waals surface area contributed by atoms with Crippen LogP contribution in [0.3, 0.4) is 0 Å². The Balaban J connectivity index is 2.58. The summed E-state index contributed by atoms with van der Waals surface area (Å²) in [5.41, 5.74) is 0.125. The minimum Gasteiger partial charge on any atom is -0.387 e. The monoisotopic (exact) mass is 272 g/mol. The number of unbranched alkanes of at least 4 members (excludes halogenated alkanes) is 3. The van der Waals surface area contributed by atoms with Crippen LogP contribution < -0.4 is 0 Å². The molecule has 0 saturated heterocycles. The minimum atomic E-state index is -3.52. The van der Waals surface area contributed by atoms with Gasteiger partial charge in [-0.1, -0.05) is 62.9 Å². The minimum absolute atomic E-state index is 0.0108. The van der Waals surface area contributed by atoms with Gasteiger partial charge in [-0.05, 0) is 12.0 Å². The van der Waals surface area contributed by atoms with E-state index in [0.717, 1.165) is 19.3 Å². The molecule has 2 nitrogen and oxygen atoms in total. The number of benzene rings is 1. The first-order valence-electron chi connectivity index (χ1n) is 6.79. The maximum atomic E-state index is 13.9. The molecule has 4 heteroatoms. The molecule has 0 bridgehead atoms. The van der Waals surface area contributed by atoms with E-state index >= 15 is 0 Å². The lowest BCUT2D eigenvalue weighted by molar-refractivity contribution is -0.181. The van der Waals surface area contributed by atoms with E-state index in [9.17, 15) is 19.0 Å². The van der Waals surface area contributed by atoms with Crippen LogP contribution in [0.1, 0.15) is 50.7 Å². The van der Waals surface area contributed by atoms with Crippen LogP contribution in [0.25, 0.3) is 0 Å². The molecule has 0 aliphatic carbocycles. The molecule has 0 radical (unpaired) electrons. The zero-order chi connectivity index (χ0) is 14.3. The predicted molar refractivity (Wildman–Crippen MR) is 71.1 cm³/mol. The lowest BCUT2D eigenvalue weighted by Gasteiger charge is -2.27. The number of hydrogen-bond donors (Lipinski definition) is 2. The third-order valence-corrected chi connectivity index (χ3v) is 3.26. The van der Waals surface area contributed by atoms with E-state index in [2.05, 4.69) is 0 Å². The molecule has 2 atom stereocenters. The smallest absolute Gasteiger partial charge is 0.302 e. The van der Waals surface area contributed by atoms with Crippen molar-refractivity contribution in [1.29, 1.82) is 0 Å². The number of aliphatic hydroxyl groups excluding tert-OH is 2. The second-order valence-electron chi connectivity index (χ2n) is 4.85. The number of hydrogen-bond acceptors (Lipinski definition) is 2. The van der Waals surface area contributed by atoms with Crippen molar-refractivity contribution in [2.24, 2.45) is 0 Å². The van der Waals surface area contributed by atoms with Crippen LogP contribution in [0.15, 0.2) is 30.3 Å². The van der Waals surface area contributed by atoms with Gasteiger partial charge in [-0.3, -0.25) is 0 Å². The van der Waals surface area contributed by atoms with Crippen LogP contribution in [-0.2, 0) is 0 Å². The molecule has 0 aromatic heterocycles. The number of aliphatic hydroxyl groups is 2. The summed E-state index contributed by atoms with van der Waals surface area (Å²) < 4.78 is 27.8. The standard InChI is InChI=1S/C15H22F2O2/c1-2-3-4-8-11-13(18)15(16,17)14(19)12-9-6-5-7-10-12/h5-7,9-10,13-14,18-19H,2-4,8,11H2,1H3/t13-,14+/m0/s1. The molecule has 2 N–H and O–H groups in total. The van der Waals surface area contributed by atoms with Gasteiger partial charge >= 0.3 is 5.92 Å². The van der Waals surface area contributed by atoms with E-state index in [-0.39, 0.29) is 12.0 Å². The Morgan fingerprint density at radius 1 is 1.05 bits per heavy atom. The van der Waals surface area contributed by atoms with Gasteiger partial charge in [-0.2, -0.15) is 0 Å². The summed E-state index contributed by atoms with van der Waals surface area (Å²) in [6.45, 7) is 2.03. The average Bonchev–Trinajstić information content (AvgIpc) is 2.43. The zero-order valence-electron chi connectivity index (χ0n) is 11.2. The van der Waals surface area contributed by atoms with Gasteiger partial charge in [0.15, 0.2) is 0 Å². The Morgan fingerprint density at radius 2 is 1.68 bits per heavy atom. The number of alkyl halides is 2. The number of halogens is 2. The number of rotatable bonds is 8. The van der Waals surface area contributed by atoms with Gasteiger partial charge in [-0.25, -0.2) is 8.78 Å². The van der Waals surface area contributed by atoms with Crippen LogP contribution in [0.5, 0.6) is 0 Å². The maximum Gasteiger partial charge on any atom is 0.302 e. The van der Waals surface area contributed by atoms with Crippen molar-refractivity contribution in [2.75, 3.05) is 0 Å². The van der Waals surface area contributed by atoms with Gasteiger partial charge in [0.1, 0.15) is 12.2 Å². The molecule has 0 aliphatic rings. The molecule has 0 spiro atoms. The highest BCUT2D eigenvalue weighted by Crippen LogP contribution is 2.36. The second kappa shape index (κ2) is 7.56. The normalized spacial score (nSPS) is 15.2. The van der Waals surface area contributed by atoms with Crippen LogP contribution in [0.2, 0.25) is 0 Å². The summed E-state index contributed by atoms with van der Waals surface area (Å²) in [5.74, 6) is -3.52. The summed E-state index contributed by atoms with van der Waals surface area (Å²) >= 11 is 0. The third-order valence-electron chi connectivity index (χ3n) is 3.26. The van der Waals surface area contributed by atoms with Crippen molar-refractivity contribution < 1.29 is 19.0 Å². The summed E-state index contributed by atoms with van der Waals surface area (Å²) in [5, 5.41) is 19.3. The summed E-state index contributed by atoms with van der Waals surface area (Å²) in [7, 11) is 0. The fourth-order valence-electron chi connectivity index (χ4n) is 2.00. The van der Waals surface area contributed by atoms with Gasteiger partial charge in [-0.15, -0.1) is 0 Å². The lowest BCUT2D eigenvalue weighted by atomic mass is 9.96. The summed E-state index contributed by atoms with van der Waals surface area (Å²) in [4.78, 5) is 0. The molecular formula is C15H22F2O2. The summed E-state index contributed by atoms with van der Waals surface area (Å²) in [6.07, 6.45) is -0.401. The van der Waals surface area contributed by atoms with Crippen molar-refractivity contribution in [1.82, 2.24) is 0 Å². The van der Waals surface area contributed by atoms with Crippen LogP contribution in [0.4, 0.5) is 8.78 Å². The molecule has 19 heavy (non-hydrogen) atoms. The van der Waals surface area contributed by atoms with E-state index in [0.29, 0.717) is 6.42 Å². The Bertz CT molecular complexity index is 354. The second-order valence-corrected chi connectivity index (χ2v) is 4.85. The van der Waals surface area contributed by atoms with Crippen molar-refractivity contribution in [3.8, 4) is 0 Å². The first-order valence-corrected chi connectivity index (χ1v) is 6.79. The van der Waals surface area contributed by atoms with Gasteiger partial charge < -0.3 is 10.2 Å². The molecule has 1 aromatic rings. The highest BCUT2D eigenvalue weighted by atomic mass is 19.3. The van der Waals surface area contributed by atoms with Crippen molar-refractivity contribution in [2.45, 2.75) is 57.2 Å². The molecular weight excluding hydrogens is 250 g/mol. The van der Waals surface area contributed by atoms with E-state index < -0.39 is 18.1 Å². The van der Waals surface area contributed by atoms with Crippen LogP contribution in [0, 0.1) is 0 Å². The van der Waals surface area contributed by atoms with Crippen LogP contribution in [-0.4, -0.2) is 22.2 Å². The van der Waals surface area contributed by atoms with E-state index in [1.165, 1.54) is 12.1 Å². The van der Waals surface area contributed by atoms with Gasteiger partial charge in [0.2, 0.25) is 0 Å². The Labute approximate surface area is 113 Å². The summed E-state index contributed by atoms with van der Waals surface area (Å²) in [6, 6.07) is 7.73. The highest BCUT2D eigenvalue weighted by molar-refractivity contribution is 5.19. The SMILES string of the molecule is CCCCCC[C@H](O)C(F)(F)[C@H](O)c1ccccc1. The van der Waals surface area contributed by atoms with E-state index in [4.69, 9.17) is 0 Å². The quantitative estimate of drug-likeness (QED) is 0.709. The fraction of sp³-hybridized carbons (Fsp3) is 0.600. The largest absolute Gasteiger partial charge is 0.387 e. The van der Waals surface area contributed by atoms with Gasteiger partial charge in [0.25, 0.3) is 0 Å². The topological polar surface area (TPSA) is 40.5 Å². The van der Waals surface area contributed by atoms with Crippen molar-refractivity contribution >= 4 is 0 Å². The average molecular weight is 272 g/mol. The van der Waals surface area contributed by atoms with E-state index in [1.54, 1.807) is 18.2 Å². The maximum absolute atomic E-state index is 13.9. The van der Waals surface area contributed by atoms with Crippen LogP contribution >= 0.6 is 0 Å². The molecule has 1 rings (SSSR count). The molecule has 0 aliphatic heterocycles. The molecule has 0 fully saturated rings. The molecule has 1 aromatic carbocycles. The van der Waals surface area contributed by atoms with Crippen molar-refractivity contribution in [3.05, 3.63) is 35.9 Å². The van der Waals surface area contributed by atoms with Gasteiger partial charge in [0, 0.05) is 0 Å². The first-order chi connectivity index (χ1) is 9.00. The third kappa shape index (κ3) is 4.55.